The Balaban J connectivity index is 1.61. The van der Waals surface area contributed by atoms with E-state index in [9.17, 15) is 14.4 Å². The molecule has 6 nitrogen and oxygen atoms in total. The van der Waals surface area contributed by atoms with Crippen molar-refractivity contribution in [2.24, 2.45) is 0 Å². The summed E-state index contributed by atoms with van der Waals surface area (Å²) in [4.78, 5) is 37.7. The van der Waals surface area contributed by atoms with Crippen molar-refractivity contribution in [3.05, 3.63) is 71.8 Å². The second-order valence-corrected chi connectivity index (χ2v) is 5.89. The number of carbonyl (C=O) groups is 3. The SMILES string of the molecule is O=C(C[C@@H]1C(=O)NC(=O)N1Cc1ccccc1)NCc1ccccc1. The Morgan fingerprint density at radius 1 is 0.960 bits per heavy atom. The number of carbonyl (C=O) groups excluding carboxylic acids is 3. The Bertz CT molecular complexity index is 762. The van der Waals surface area contributed by atoms with Crippen LogP contribution in [0, 0.1) is 0 Å². The zero-order chi connectivity index (χ0) is 17.6. The predicted octanol–water partition coefficient (Wildman–Crippen LogP) is 1.81. The average molecular weight is 337 g/mol. The summed E-state index contributed by atoms with van der Waals surface area (Å²) in [7, 11) is 0. The van der Waals surface area contributed by atoms with Gasteiger partial charge < -0.3 is 10.2 Å². The molecule has 3 rings (SSSR count). The van der Waals surface area contributed by atoms with E-state index in [1.54, 1.807) is 0 Å². The van der Waals surface area contributed by atoms with E-state index >= 15 is 0 Å². The molecule has 0 radical (unpaired) electrons. The molecule has 0 aromatic heterocycles. The molecule has 1 heterocycles. The lowest BCUT2D eigenvalue weighted by atomic mass is 10.1. The summed E-state index contributed by atoms with van der Waals surface area (Å²) in [6.07, 6.45) is -0.0583. The maximum atomic E-state index is 12.2. The van der Waals surface area contributed by atoms with Gasteiger partial charge in [-0.25, -0.2) is 4.79 Å². The molecule has 1 aliphatic heterocycles. The Kier molecular flexibility index (Phi) is 5.09. The minimum Gasteiger partial charge on any atom is -0.352 e. The number of nitrogens with one attached hydrogen (secondary N) is 2. The number of benzene rings is 2. The third-order valence-corrected chi connectivity index (χ3v) is 4.08. The van der Waals surface area contributed by atoms with Crippen molar-refractivity contribution in [1.29, 1.82) is 0 Å². The maximum absolute atomic E-state index is 12.2. The van der Waals surface area contributed by atoms with Gasteiger partial charge in [-0.05, 0) is 11.1 Å². The Labute approximate surface area is 145 Å². The van der Waals surface area contributed by atoms with E-state index in [-0.39, 0.29) is 18.9 Å². The van der Waals surface area contributed by atoms with E-state index in [2.05, 4.69) is 10.6 Å². The molecule has 6 heteroatoms. The lowest BCUT2D eigenvalue weighted by Crippen LogP contribution is -2.39. The van der Waals surface area contributed by atoms with Gasteiger partial charge in [0, 0.05) is 13.1 Å². The molecule has 1 saturated heterocycles. The average Bonchev–Trinajstić information content (AvgIpc) is 2.89. The lowest BCUT2D eigenvalue weighted by molar-refractivity contribution is -0.128. The van der Waals surface area contributed by atoms with Crippen molar-refractivity contribution < 1.29 is 14.4 Å². The second-order valence-electron chi connectivity index (χ2n) is 5.89. The van der Waals surface area contributed by atoms with E-state index in [1.165, 1.54) is 4.90 Å². The summed E-state index contributed by atoms with van der Waals surface area (Å²) in [5, 5.41) is 5.07. The molecule has 2 aromatic carbocycles. The van der Waals surface area contributed by atoms with Crippen LogP contribution in [0.4, 0.5) is 4.79 Å². The highest BCUT2D eigenvalue weighted by atomic mass is 16.2. The quantitative estimate of drug-likeness (QED) is 0.789. The van der Waals surface area contributed by atoms with Crippen molar-refractivity contribution in [1.82, 2.24) is 15.5 Å². The van der Waals surface area contributed by atoms with Crippen LogP contribution in [0.1, 0.15) is 17.5 Å². The van der Waals surface area contributed by atoms with Crippen molar-refractivity contribution in [2.75, 3.05) is 0 Å². The molecule has 0 aliphatic carbocycles. The van der Waals surface area contributed by atoms with Crippen LogP contribution in [0.25, 0.3) is 0 Å². The number of hydrogen-bond acceptors (Lipinski definition) is 3. The minimum absolute atomic E-state index is 0.0583. The number of nitrogens with zero attached hydrogens (tertiary/aromatic N) is 1. The van der Waals surface area contributed by atoms with Gasteiger partial charge in [-0.1, -0.05) is 60.7 Å². The molecular formula is C19H19N3O3. The summed E-state index contributed by atoms with van der Waals surface area (Å²) in [6, 6.07) is 17.6. The van der Waals surface area contributed by atoms with Gasteiger partial charge in [-0.15, -0.1) is 0 Å². The van der Waals surface area contributed by atoms with Gasteiger partial charge in [0.2, 0.25) is 5.91 Å². The van der Waals surface area contributed by atoms with Crippen LogP contribution in [0.15, 0.2) is 60.7 Å². The molecule has 0 unspecified atom stereocenters. The largest absolute Gasteiger partial charge is 0.352 e. The van der Waals surface area contributed by atoms with Crippen molar-refractivity contribution in [3.8, 4) is 0 Å². The van der Waals surface area contributed by atoms with Crippen LogP contribution in [0.3, 0.4) is 0 Å². The highest BCUT2D eigenvalue weighted by molar-refractivity contribution is 6.05. The fourth-order valence-corrected chi connectivity index (χ4v) is 2.75. The monoisotopic (exact) mass is 337 g/mol. The summed E-state index contributed by atoms with van der Waals surface area (Å²) in [5.74, 6) is -0.701. The van der Waals surface area contributed by atoms with E-state index < -0.39 is 18.0 Å². The minimum atomic E-state index is -0.788. The fraction of sp³-hybridized carbons (Fsp3) is 0.211. The highest BCUT2D eigenvalue weighted by Gasteiger charge is 2.39. The number of rotatable bonds is 6. The predicted molar refractivity (Wildman–Crippen MR) is 92.2 cm³/mol. The molecule has 2 aromatic rings. The van der Waals surface area contributed by atoms with Crippen LogP contribution in [0.2, 0.25) is 0 Å². The lowest BCUT2D eigenvalue weighted by Gasteiger charge is -2.21. The van der Waals surface area contributed by atoms with E-state index in [1.807, 2.05) is 60.7 Å². The van der Waals surface area contributed by atoms with Gasteiger partial charge in [0.05, 0.1) is 6.42 Å². The van der Waals surface area contributed by atoms with Crippen LogP contribution in [-0.2, 0) is 22.7 Å². The molecule has 1 atom stereocenters. The van der Waals surface area contributed by atoms with Gasteiger partial charge in [0.1, 0.15) is 6.04 Å². The number of amides is 4. The Morgan fingerprint density at radius 2 is 1.56 bits per heavy atom. The molecule has 0 spiro atoms. The number of urea groups is 1. The number of imide groups is 1. The van der Waals surface area contributed by atoms with Gasteiger partial charge in [-0.2, -0.15) is 0 Å². The van der Waals surface area contributed by atoms with Crippen molar-refractivity contribution >= 4 is 17.8 Å². The topological polar surface area (TPSA) is 78.5 Å². The molecule has 2 N–H and O–H groups in total. The summed E-state index contributed by atoms with van der Waals surface area (Å²) < 4.78 is 0. The molecule has 1 fully saturated rings. The van der Waals surface area contributed by atoms with Crippen LogP contribution in [-0.4, -0.2) is 28.8 Å². The molecule has 1 aliphatic rings. The third-order valence-electron chi connectivity index (χ3n) is 4.08. The second kappa shape index (κ2) is 7.61. The molecule has 4 amide bonds. The standard InChI is InChI=1S/C19H19N3O3/c23-17(20-12-14-7-3-1-4-8-14)11-16-18(24)21-19(25)22(16)13-15-9-5-2-6-10-15/h1-10,16H,11-13H2,(H,20,23)(H,21,24,25)/t16-/m1/s1. The number of hydrogen-bond donors (Lipinski definition) is 2. The van der Waals surface area contributed by atoms with Crippen LogP contribution >= 0.6 is 0 Å². The Morgan fingerprint density at radius 3 is 2.20 bits per heavy atom. The van der Waals surface area contributed by atoms with Crippen LogP contribution < -0.4 is 10.6 Å². The third kappa shape index (κ3) is 4.23. The van der Waals surface area contributed by atoms with Crippen LogP contribution in [0.5, 0.6) is 0 Å². The molecular weight excluding hydrogens is 318 g/mol. The molecule has 128 valence electrons. The summed E-state index contributed by atoms with van der Waals surface area (Å²) >= 11 is 0. The molecule has 25 heavy (non-hydrogen) atoms. The molecule has 0 bridgehead atoms. The first kappa shape index (κ1) is 16.7. The zero-order valence-corrected chi connectivity index (χ0v) is 13.6. The first-order chi connectivity index (χ1) is 12.1. The van der Waals surface area contributed by atoms with Gasteiger partial charge in [-0.3, -0.25) is 14.9 Å². The smallest absolute Gasteiger partial charge is 0.325 e. The van der Waals surface area contributed by atoms with E-state index in [0.717, 1.165) is 11.1 Å². The molecule has 0 saturated carbocycles. The summed E-state index contributed by atoms with van der Waals surface area (Å²) in [6.45, 7) is 0.676. The first-order valence-corrected chi connectivity index (χ1v) is 8.09. The normalized spacial score (nSPS) is 16.6. The van der Waals surface area contributed by atoms with Gasteiger partial charge in [0.15, 0.2) is 0 Å². The van der Waals surface area contributed by atoms with Crippen molar-refractivity contribution in [2.45, 2.75) is 25.6 Å². The van der Waals surface area contributed by atoms with Gasteiger partial charge in [0.25, 0.3) is 5.91 Å². The maximum Gasteiger partial charge on any atom is 0.325 e. The van der Waals surface area contributed by atoms with E-state index in [4.69, 9.17) is 0 Å². The van der Waals surface area contributed by atoms with Crippen molar-refractivity contribution in [3.63, 3.8) is 0 Å². The Hall–Kier alpha value is -3.15. The highest BCUT2D eigenvalue weighted by Crippen LogP contribution is 2.16. The van der Waals surface area contributed by atoms with E-state index in [0.29, 0.717) is 6.54 Å². The summed E-state index contributed by atoms with van der Waals surface area (Å²) in [5.41, 5.74) is 1.88. The first-order valence-electron chi connectivity index (χ1n) is 8.09. The fourth-order valence-electron chi connectivity index (χ4n) is 2.75. The van der Waals surface area contributed by atoms with Gasteiger partial charge >= 0.3 is 6.03 Å². The zero-order valence-electron chi connectivity index (χ0n) is 13.6.